The van der Waals surface area contributed by atoms with E-state index in [-0.39, 0.29) is 16.4 Å². The quantitative estimate of drug-likeness (QED) is 0.388. The molecule has 0 aromatic heterocycles. The number of thioether (sulfide) groups is 1. The smallest absolute Gasteiger partial charge is 0.444 e. The molecule has 1 aliphatic carbocycles. The zero-order valence-electron chi connectivity index (χ0n) is 21.9. The highest BCUT2D eigenvalue weighted by Gasteiger charge is 2.48. The van der Waals surface area contributed by atoms with Gasteiger partial charge in [0, 0.05) is 17.6 Å². The molecule has 0 aliphatic heterocycles. The van der Waals surface area contributed by atoms with Gasteiger partial charge in [0.15, 0.2) is 5.12 Å². The summed E-state index contributed by atoms with van der Waals surface area (Å²) in [6.07, 6.45) is 0.732. The first-order valence-electron chi connectivity index (χ1n) is 11.8. The number of ether oxygens (including phenoxy) is 3. The van der Waals surface area contributed by atoms with Crippen molar-refractivity contribution < 1.29 is 28.6 Å². The summed E-state index contributed by atoms with van der Waals surface area (Å²) in [4.78, 5) is 37.2. The number of carbonyl (C=O) groups is 3. The van der Waals surface area contributed by atoms with E-state index in [1.807, 2.05) is 32.9 Å². The second kappa shape index (κ2) is 10.6. The maximum Gasteiger partial charge on any atom is 0.514 e. The van der Waals surface area contributed by atoms with Crippen molar-refractivity contribution in [1.29, 1.82) is 0 Å². The van der Waals surface area contributed by atoms with Crippen LogP contribution in [0.3, 0.4) is 0 Å². The molecule has 0 bridgehead atoms. The number of hydrogen-bond donors (Lipinski definition) is 1. The predicted octanol–water partition coefficient (Wildman–Crippen LogP) is 6.16. The molecule has 1 aliphatic rings. The third-order valence-electron chi connectivity index (χ3n) is 5.85. The Hall–Kier alpha value is -2.22. The summed E-state index contributed by atoms with van der Waals surface area (Å²) in [5.41, 5.74) is 0.281. The number of hydrogen-bond acceptors (Lipinski definition) is 7. The van der Waals surface area contributed by atoms with Crippen molar-refractivity contribution in [3.63, 3.8) is 0 Å². The lowest BCUT2D eigenvalue weighted by Gasteiger charge is -2.48. The van der Waals surface area contributed by atoms with E-state index in [1.165, 1.54) is 11.8 Å². The lowest BCUT2D eigenvalue weighted by atomic mass is 9.63. The monoisotopic (exact) mass is 493 g/mol. The summed E-state index contributed by atoms with van der Waals surface area (Å²) >= 11 is 1.25. The third kappa shape index (κ3) is 7.14. The SMILES string of the molecule is CCC1(CC)c2cc(OC(=O)OC(C)(C)C)ccc2C[C@@H](SC(C)=O)[C@@H]1NC(=O)OC(C)(C)C. The average molecular weight is 494 g/mol. The number of benzene rings is 1. The van der Waals surface area contributed by atoms with Crippen LogP contribution in [0.4, 0.5) is 9.59 Å². The molecule has 0 spiro atoms. The van der Waals surface area contributed by atoms with E-state index in [1.54, 1.807) is 33.8 Å². The molecular formula is C26H39NO6S. The van der Waals surface area contributed by atoms with Gasteiger partial charge in [-0.1, -0.05) is 31.7 Å². The van der Waals surface area contributed by atoms with Gasteiger partial charge in [0.2, 0.25) is 0 Å². The van der Waals surface area contributed by atoms with Gasteiger partial charge < -0.3 is 19.5 Å². The maximum absolute atomic E-state index is 12.8. The molecule has 1 aromatic rings. The Morgan fingerprint density at radius 2 is 1.62 bits per heavy atom. The van der Waals surface area contributed by atoms with Gasteiger partial charge in [0.25, 0.3) is 0 Å². The van der Waals surface area contributed by atoms with E-state index in [4.69, 9.17) is 14.2 Å². The lowest BCUT2D eigenvalue weighted by molar-refractivity contribution is -0.109. The Labute approximate surface area is 207 Å². The van der Waals surface area contributed by atoms with Gasteiger partial charge in [-0.15, -0.1) is 0 Å². The minimum absolute atomic E-state index is 0.00424. The fourth-order valence-electron chi connectivity index (χ4n) is 4.54. The zero-order valence-corrected chi connectivity index (χ0v) is 22.7. The summed E-state index contributed by atoms with van der Waals surface area (Å²) in [6, 6.07) is 5.20. The van der Waals surface area contributed by atoms with Crippen molar-refractivity contribution in [2.24, 2.45) is 0 Å². The Morgan fingerprint density at radius 1 is 1.03 bits per heavy atom. The van der Waals surface area contributed by atoms with Crippen molar-refractivity contribution in [3.8, 4) is 5.75 Å². The summed E-state index contributed by atoms with van der Waals surface area (Å²) in [5.74, 6) is 0.382. The number of nitrogens with one attached hydrogen (secondary N) is 1. The molecule has 1 amide bonds. The van der Waals surface area contributed by atoms with Gasteiger partial charge in [-0.3, -0.25) is 4.79 Å². The molecule has 2 rings (SSSR count). The number of rotatable bonds is 5. The number of fused-ring (bicyclic) bond motifs is 1. The molecule has 34 heavy (non-hydrogen) atoms. The molecule has 1 aromatic carbocycles. The normalized spacial score (nSPS) is 19.6. The van der Waals surface area contributed by atoms with Crippen LogP contribution in [-0.2, 0) is 26.1 Å². The van der Waals surface area contributed by atoms with Gasteiger partial charge in [-0.2, -0.15) is 0 Å². The first-order chi connectivity index (χ1) is 15.6. The third-order valence-corrected chi connectivity index (χ3v) is 6.92. The summed E-state index contributed by atoms with van der Waals surface area (Å²) in [5, 5.41) is 2.93. The number of carbonyl (C=O) groups excluding carboxylic acids is 3. The molecule has 190 valence electrons. The summed E-state index contributed by atoms with van der Waals surface area (Å²) < 4.78 is 16.3. The fourth-order valence-corrected chi connectivity index (χ4v) is 5.70. The molecule has 0 saturated carbocycles. The van der Waals surface area contributed by atoms with Crippen LogP contribution in [0.25, 0.3) is 0 Å². The second-order valence-corrected chi connectivity index (χ2v) is 12.1. The number of amides is 1. The van der Waals surface area contributed by atoms with Crippen molar-refractivity contribution in [3.05, 3.63) is 29.3 Å². The highest BCUT2D eigenvalue weighted by Crippen LogP contribution is 2.47. The highest BCUT2D eigenvalue weighted by molar-refractivity contribution is 8.14. The van der Waals surface area contributed by atoms with Crippen LogP contribution < -0.4 is 10.1 Å². The van der Waals surface area contributed by atoms with Crippen molar-refractivity contribution in [2.75, 3.05) is 0 Å². The molecule has 0 heterocycles. The van der Waals surface area contributed by atoms with E-state index in [9.17, 15) is 14.4 Å². The molecule has 0 fully saturated rings. The fraction of sp³-hybridized carbons (Fsp3) is 0.654. The molecule has 0 unspecified atom stereocenters. The second-order valence-electron chi connectivity index (χ2n) is 10.7. The van der Waals surface area contributed by atoms with Crippen LogP contribution in [0.15, 0.2) is 18.2 Å². The summed E-state index contributed by atoms with van der Waals surface area (Å²) in [7, 11) is 0. The molecule has 0 radical (unpaired) electrons. The number of alkyl carbamates (subject to hydrolysis) is 1. The summed E-state index contributed by atoms with van der Waals surface area (Å²) in [6.45, 7) is 16.5. The van der Waals surface area contributed by atoms with E-state index in [0.29, 0.717) is 25.0 Å². The minimum Gasteiger partial charge on any atom is -0.444 e. The molecule has 8 heteroatoms. The van der Waals surface area contributed by atoms with Gasteiger partial charge in [0.05, 0.1) is 6.04 Å². The Morgan fingerprint density at radius 3 is 2.12 bits per heavy atom. The topological polar surface area (TPSA) is 90.9 Å². The average Bonchev–Trinajstić information content (AvgIpc) is 2.65. The Balaban J connectivity index is 2.50. The first kappa shape index (κ1) is 28.0. The van der Waals surface area contributed by atoms with Crippen molar-refractivity contribution >= 4 is 29.1 Å². The van der Waals surface area contributed by atoms with Crippen molar-refractivity contribution in [2.45, 2.75) is 109 Å². The lowest BCUT2D eigenvalue weighted by Crippen LogP contribution is -2.59. The largest absolute Gasteiger partial charge is 0.514 e. The maximum atomic E-state index is 12.8. The van der Waals surface area contributed by atoms with Gasteiger partial charge in [-0.05, 0) is 84.1 Å². The Bertz CT molecular complexity index is 911. The van der Waals surface area contributed by atoms with Crippen molar-refractivity contribution in [1.82, 2.24) is 5.32 Å². The van der Waals surface area contributed by atoms with Crippen LogP contribution in [0, 0.1) is 0 Å². The van der Waals surface area contributed by atoms with E-state index in [0.717, 1.165) is 11.1 Å². The van der Waals surface area contributed by atoms with E-state index < -0.39 is 28.9 Å². The first-order valence-corrected chi connectivity index (χ1v) is 12.7. The van der Waals surface area contributed by atoms with Crippen LogP contribution in [0.5, 0.6) is 5.75 Å². The van der Waals surface area contributed by atoms with Gasteiger partial charge >= 0.3 is 12.2 Å². The molecule has 0 saturated heterocycles. The minimum atomic E-state index is -0.768. The van der Waals surface area contributed by atoms with Crippen LogP contribution in [0.1, 0.15) is 86.3 Å². The Kier molecular flexibility index (Phi) is 8.72. The zero-order chi connectivity index (χ0) is 25.9. The molecular weight excluding hydrogens is 454 g/mol. The van der Waals surface area contributed by atoms with Crippen LogP contribution >= 0.6 is 11.8 Å². The standard InChI is InChI=1S/C26H39NO6S/c1-10-26(11-2)19-15-18(31-23(30)33-25(7,8)9)13-12-17(19)14-20(34-16(3)28)21(26)27-22(29)32-24(4,5)6/h12-13,15,20-21H,10-11,14H2,1-9H3,(H,27,29)/t20-,21+/m1/s1. The van der Waals surface area contributed by atoms with E-state index >= 15 is 0 Å². The van der Waals surface area contributed by atoms with Crippen LogP contribution in [0.2, 0.25) is 0 Å². The highest BCUT2D eigenvalue weighted by atomic mass is 32.2. The van der Waals surface area contributed by atoms with Crippen LogP contribution in [-0.4, -0.2) is 39.9 Å². The van der Waals surface area contributed by atoms with Gasteiger partial charge in [0.1, 0.15) is 17.0 Å². The predicted molar refractivity (Wildman–Crippen MR) is 134 cm³/mol. The van der Waals surface area contributed by atoms with E-state index in [2.05, 4.69) is 19.2 Å². The molecule has 1 N–H and O–H groups in total. The molecule has 7 nitrogen and oxygen atoms in total. The van der Waals surface area contributed by atoms with Gasteiger partial charge in [-0.25, -0.2) is 9.59 Å². The molecule has 2 atom stereocenters.